The first-order valence-corrected chi connectivity index (χ1v) is 12.1. The maximum atomic E-state index is 12.7. The molecule has 3 aromatic rings. The minimum Gasteiger partial charge on any atom is -0.355 e. The standard InChI is InChI=1S/C24H28ClN5O2S/c1-16(2)21(27-23(32)18-9-11-19(25)12-10-18)22-28-29-24(30(22)3)33-15-20(31)26-14-13-17-7-5-4-6-8-17/h4-12,16,21H,13-15H2,1-3H3,(H,26,31)(H,27,32)/t21-/m1/s1. The molecular formula is C24H28ClN5O2S. The molecule has 33 heavy (non-hydrogen) atoms. The van der Waals surface area contributed by atoms with E-state index < -0.39 is 0 Å². The van der Waals surface area contributed by atoms with Gasteiger partial charge in [0.2, 0.25) is 5.91 Å². The van der Waals surface area contributed by atoms with Crippen molar-refractivity contribution in [3.63, 3.8) is 0 Å². The van der Waals surface area contributed by atoms with Crippen LogP contribution < -0.4 is 10.6 Å². The third kappa shape index (κ3) is 7.07. The van der Waals surface area contributed by atoms with Crippen molar-refractivity contribution in [3.05, 3.63) is 76.6 Å². The Morgan fingerprint density at radius 3 is 2.42 bits per heavy atom. The van der Waals surface area contributed by atoms with Gasteiger partial charge in [0.1, 0.15) is 0 Å². The minimum absolute atomic E-state index is 0.0584. The van der Waals surface area contributed by atoms with Crippen molar-refractivity contribution in [2.75, 3.05) is 12.3 Å². The number of hydrogen-bond acceptors (Lipinski definition) is 5. The molecule has 1 heterocycles. The maximum Gasteiger partial charge on any atom is 0.251 e. The summed E-state index contributed by atoms with van der Waals surface area (Å²) in [4.78, 5) is 24.9. The van der Waals surface area contributed by atoms with Crippen LogP contribution in [0, 0.1) is 5.92 Å². The van der Waals surface area contributed by atoms with Crippen LogP contribution >= 0.6 is 23.4 Å². The van der Waals surface area contributed by atoms with Crippen LogP contribution in [0.3, 0.4) is 0 Å². The van der Waals surface area contributed by atoms with Gasteiger partial charge in [0.05, 0.1) is 11.8 Å². The summed E-state index contributed by atoms with van der Waals surface area (Å²) < 4.78 is 1.83. The summed E-state index contributed by atoms with van der Waals surface area (Å²) in [6.45, 7) is 4.60. The van der Waals surface area contributed by atoms with Crippen LogP contribution in [0.1, 0.15) is 41.6 Å². The number of carbonyl (C=O) groups excluding carboxylic acids is 2. The summed E-state index contributed by atoms with van der Waals surface area (Å²) in [5, 5.41) is 15.7. The Labute approximate surface area is 203 Å². The molecule has 2 N–H and O–H groups in total. The molecule has 2 aromatic carbocycles. The molecule has 3 rings (SSSR count). The molecule has 0 saturated heterocycles. The molecule has 1 atom stereocenters. The van der Waals surface area contributed by atoms with E-state index in [9.17, 15) is 9.59 Å². The highest BCUT2D eigenvalue weighted by Gasteiger charge is 2.25. The zero-order valence-electron chi connectivity index (χ0n) is 18.9. The highest BCUT2D eigenvalue weighted by atomic mass is 35.5. The second-order valence-corrected chi connectivity index (χ2v) is 9.35. The van der Waals surface area contributed by atoms with Crippen LogP contribution in [0.25, 0.3) is 0 Å². The largest absolute Gasteiger partial charge is 0.355 e. The van der Waals surface area contributed by atoms with E-state index >= 15 is 0 Å². The number of rotatable bonds is 10. The van der Waals surface area contributed by atoms with Crippen molar-refractivity contribution in [1.29, 1.82) is 0 Å². The van der Waals surface area contributed by atoms with Crippen LogP contribution in [0.4, 0.5) is 0 Å². The Morgan fingerprint density at radius 2 is 1.76 bits per heavy atom. The van der Waals surface area contributed by atoms with Crippen LogP contribution in [0.2, 0.25) is 5.02 Å². The van der Waals surface area contributed by atoms with Gasteiger partial charge in [-0.3, -0.25) is 9.59 Å². The molecule has 0 aliphatic rings. The van der Waals surface area contributed by atoms with Gasteiger partial charge in [-0.2, -0.15) is 0 Å². The molecule has 0 unspecified atom stereocenters. The van der Waals surface area contributed by atoms with Gasteiger partial charge < -0.3 is 15.2 Å². The molecule has 0 aliphatic heterocycles. The Kier molecular flexibility index (Phi) is 8.91. The molecule has 2 amide bonds. The molecule has 0 radical (unpaired) electrons. The summed E-state index contributed by atoms with van der Waals surface area (Å²) in [6, 6.07) is 16.4. The normalized spacial score (nSPS) is 11.9. The highest BCUT2D eigenvalue weighted by Crippen LogP contribution is 2.24. The van der Waals surface area contributed by atoms with Gasteiger partial charge >= 0.3 is 0 Å². The van der Waals surface area contributed by atoms with Crippen molar-refractivity contribution < 1.29 is 9.59 Å². The molecular weight excluding hydrogens is 458 g/mol. The second-order valence-electron chi connectivity index (χ2n) is 7.98. The quantitative estimate of drug-likeness (QED) is 0.423. The first-order chi connectivity index (χ1) is 15.8. The van der Waals surface area contributed by atoms with Gasteiger partial charge in [-0.25, -0.2) is 0 Å². The van der Waals surface area contributed by atoms with Crippen molar-refractivity contribution in [2.45, 2.75) is 31.5 Å². The number of amides is 2. The van der Waals surface area contributed by atoms with Crippen LogP contribution in [0.5, 0.6) is 0 Å². The zero-order chi connectivity index (χ0) is 23.8. The number of hydrogen-bond donors (Lipinski definition) is 2. The molecule has 0 spiro atoms. The lowest BCUT2D eigenvalue weighted by atomic mass is 10.0. The SMILES string of the molecule is CC(C)[C@@H](NC(=O)c1ccc(Cl)cc1)c1nnc(SCC(=O)NCCc2ccccc2)n1C. The van der Waals surface area contributed by atoms with Crippen LogP contribution in [-0.4, -0.2) is 38.9 Å². The highest BCUT2D eigenvalue weighted by molar-refractivity contribution is 7.99. The first-order valence-electron chi connectivity index (χ1n) is 10.7. The predicted molar refractivity (Wildman–Crippen MR) is 131 cm³/mol. The first kappa shape index (κ1) is 24.8. The molecule has 9 heteroatoms. The van der Waals surface area contributed by atoms with E-state index in [1.807, 2.05) is 55.8 Å². The Balaban J connectivity index is 1.56. The average Bonchev–Trinajstić information content (AvgIpc) is 3.16. The van der Waals surface area contributed by atoms with Gasteiger partial charge in [0.15, 0.2) is 11.0 Å². The summed E-state index contributed by atoms with van der Waals surface area (Å²) in [6.07, 6.45) is 0.786. The molecule has 0 saturated carbocycles. The molecule has 0 aliphatic carbocycles. The van der Waals surface area contributed by atoms with Crippen molar-refractivity contribution >= 4 is 35.2 Å². The maximum absolute atomic E-state index is 12.7. The number of carbonyl (C=O) groups is 2. The lowest BCUT2D eigenvalue weighted by Crippen LogP contribution is -2.33. The smallest absolute Gasteiger partial charge is 0.251 e. The summed E-state index contributed by atoms with van der Waals surface area (Å²) in [7, 11) is 1.84. The number of nitrogens with zero attached hydrogens (tertiary/aromatic N) is 3. The van der Waals surface area contributed by atoms with E-state index in [0.717, 1.165) is 6.42 Å². The van der Waals surface area contributed by atoms with Gasteiger partial charge in [-0.05, 0) is 42.2 Å². The Bertz CT molecular complexity index is 1070. The summed E-state index contributed by atoms with van der Waals surface area (Å²) >= 11 is 7.23. The number of nitrogens with one attached hydrogen (secondary N) is 2. The second kappa shape index (κ2) is 11.9. The van der Waals surface area contributed by atoms with Gasteiger partial charge in [-0.1, -0.05) is 67.5 Å². The van der Waals surface area contributed by atoms with E-state index in [-0.39, 0.29) is 29.5 Å². The van der Waals surface area contributed by atoms with Crippen LogP contribution in [-0.2, 0) is 18.3 Å². The van der Waals surface area contributed by atoms with Crippen molar-refractivity contribution in [3.8, 4) is 0 Å². The van der Waals surface area contributed by atoms with Gasteiger partial charge in [0, 0.05) is 24.2 Å². The lowest BCUT2D eigenvalue weighted by Gasteiger charge is -2.21. The van der Waals surface area contributed by atoms with E-state index in [1.165, 1.54) is 17.3 Å². The van der Waals surface area contributed by atoms with Gasteiger partial charge in [-0.15, -0.1) is 10.2 Å². The van der Waals surface area contributed by atoms with Crippen molar-refractivity contribution in [1.82, 2.24) is 25.4 Å². The number of halogens is 1. The monoisotopic (exact) mass is 485 g/mol. The fourth-order valence-corrected chi connectivity index (χ4v) is 4.12. The number of thioether (sulfide) groups is 1. The average molecular weight is 486 g/mol. The number of benzene rings is 2. The molecule has 174 valence electrons. The molecule has 1 aromatic heterocycles. The Hall–Kier alpha value is -2.84. The molecule has 0 fully saturated rings. The van der Waals surface area contributed by atoms with Crippen LogP contribution in [0.15, 0.2) is 59.8 Å². The summed E-state index contributed by atoms with van der Waals surface area (Å²) in [5.41, 5.74) is 1.71. The third-order valence-electron chi connectivity index (χ3n) is 5.12. The van der Waals surface area contributed by atoms with Gasteiger partial charge in [0.25, 0.3) is 5.91 Å². The fraction of sp³-hybridized carbons (Fsp3) is 0.333. The van der Waals surface area contributed by atoms with E-state index in [4.69, 9.17) is 11.6 Å². The summed E-state index contributed by atoms with van der Waals surface area (Å²) in [5.74, 6) is 0.699. The van der Waals surface area contributed by atoms with E-state index in [1.54, 1.807) is 24.3 Å². The third-order valence-corrected chi connectivity index (χ3v) is 6.39. The van der Waals surface area contributed by atoms with Crippen molar-refractivity contribution in [2.24, 2.45) is 13.0 Å². The van der Waals surface area contributed by atoms with E-state index in [0.29, 0.717) is 28.1 Å². The molecule has 0 bridgehead atoms. The molecule has 7 nitrogen and oxygen atoms in total. The van der Waals surface area contributed by atoms with E-state index in [2.05, 4.69) is 20.8 Å². The topological polar surface area (TPSA) is 88.9 Å². The minimum atomic E-state index is -0.334. The zero-order valence-corrected chi connectivity index (χ0v) is 20.5. The number of aromatic nitrogens is 3. The predicted octanol–water partition coefficient (Wildman–Crippen LogP) is 4.05. The fourth-order valence-electron chi connectivity index (χ4n) is 3.25. The Morgan fingerprint density at radius 1 is 1.06 bits per heavy atom. The lowest BCUT2D eigenvalue weighted by molar-refractivity contribution is -0.118.